The minimum atomic E-state index is 0.0196. The molecule has 4 heteroatoms. The van der Waals surface area contributed by atoms with Gasteiger partial charge in [-0.25, -0.2) is 0 Å². The summed E-state index contributed by atoms with van der Waals surface area (Å²) >= 11 is 5.63. The first-order valence-corrected chi connectivity index (χ1v) is 7.77. The summed E-state index contributed by atoms with van der Waals surface area (Å²) in [5.74, 6) is 0.961. The van der Waals surface area contributed by atoms with Crippen molar-refractivity contribution in [3.05, 3.63) is 31.8 Å². The van der Waals surface area contributed by atoms with Gasteiger partial charge in [0, 0.05) is 14.6 Å². The van der Waals surface area contributed by atoms with Crippen molar-refractivity contribution in [2.45, 2.75) is 25.7 Å². The minimum Gasteiger partial charge on any atom is -0.352 e. The average molecular weight is 408 g/mol. The molecule has 1 aromatic carbocycles. The molecular formula is C13H15BrINO. The van der Waals surface area contributed by atoms with Crippen LogP contribution in [0.5, 0.6) is 0 Å². The van der Waals surface area contributed by atoms with E-state index >= 15 is 0 Å². The molecule has 2 rings (SSSR count). The van der Waals surface area contributed by atoms with Crippen LogP contribution in [0.4, 0.5) is 0 Å². The first kappa shape index (κ1) is 13.3. The lowest BCUT2D eigenvalue weighted by Crippen LogP contribution is -2.25. The van der Waals surface area contributed by atoms with Crippen LogP contribution in [-0.2, 0) is 0 Å². The molecule has 0 bridgehead atoms. The summed E-state index contributed by atoms with van der Waals surface area (Å²) in [6.07, 6.45) is 5.12. The Hall–Kier alpha value is -0.100. The highest BCUT2D eigenvalue weighted by atomic mass is 127. The highest BCUT2D eigenvalue weighted by Crippen LogP contribution is 2.33. The second kappa shape index (κ2) is 6.18. The van der Waals surface area contributed by atoms with Crippen molar-refractivity contribution in [1.29, 1.82) is 0 Å². The number of carbonyl (C=O) groups excluding carboxylic acids is 1. The molecule has 17 heavy (non-hydrogen) atoms. The van der Waals surface area contributed by atoms with Crippen LogP contribution in [0.1, 0.15) is 36.0 Å². The van der Waals surface area contributed by atoms with Gasteiger partial charge in [0.1, 0.15) is 0 Å². The number of nitrogens with one attached hydrogen (secondary N) is 1. The Balaban J connectivity index is 1.82. The first-order chi connectivity index (χ1) is 8.16. The maximum absolute atomic E-state index is 11.9. The zero-order valence-corrected chi connectivity index (χ0v) is 13.3. The fraction of sp³-hybridized carbons (Fsp3) is 0.462. The summed E-state index contributed by atoms with van der Waals surface area (Å²) in [6.45, 7) is 0.785. The monoisotopic (exact) mass is 407 g/mol. The molecule has 92 valence electrons. The minimum absolute atomic E-state index is 0.0196. The van der Waals surface area contributed by atoms with Crippen LogP contribution >= 0.6 is 38.5 Å². The van der Waals surface area contributed by atoms with Gasteiger partial charge in [0.2, 0.25) is 0 Å². The largest absolute Gasteiger partial charge is 0.352 e. The number of benzene rings is 1. The summed E-state index contributed by atoms with van der Waals surface area (Å²) < 4.78 is 1.94. The van der Waals surface area contributed by atoms with E-state index in [1.807, 2.05) is 18.2 Å². The highest BCUT2D eigenvalue weighted by molar-refractivity contribution is 14.1. The fourth-order valence-corrected chi connectivity index (χ4v) is 2.68. The summed E-state index contributed by atoms with van der Waals surface area (Å²) in [4.78, 5) is 11.9. The van der Waals surface area contributed by atoms with Crippen molar-refractivity contribution in [1.82, 2.24) is 5.32 Å². The predicted octanol–water partition coefficient (Wildman–Crippen LogP) is 3.97. The van der Waals surface area contributed by atoms with Gasteiger partial charge in [0.05, 0.1) is 5.56 Å². The number of carbonyl (C=O) groups is 1. The summed E-state index contributed by atoms with van der Waals surface area (Å²) in [5.41, 5.74) is 0.725. The second-order valence-corrected chi connectivity index (χ2v) is 6.57. The Morgan fingerprint density at radius 3 is 2.94 bits per heavy atom. The zero-order chi connectivity index (χ0) is 12.3. The van der Waals surface area contributed by atoms with Gasteiger partial charge in [-0.05, 0) is 75.5 Å². The van der Waals surface area contributed by atoms with E-state index in [4.69, 9.17) is 0 Å². The highest BCUT2D eigenvalue weighted by Gasteiger charge is 2.20. The molecule has 1 amide bonds. The normalized spacial score (nSPS) is 14.7. The first-order valence-electron chi connectivity index (χ1n) is 5.90. The van der Waals surface area contributed by atoms with E-state index in [0.717, 1.165) is 32.5 Å². The third-order valence-electron chi connectivity index (χ3n) is 2.94. The van der Waals surface area contributed by atoms with Gasteiger partial charge in [-0.15, -0.1) is 0 Å². The van der Waals surface area contributed by atoms with Crippen molar-refractivity contribution < 1.29 is 4.79 Å². The number of halogens is 2. The molecule has 0 aliphatic heterocycles. The number of rotatable bonds is 5. The molecule has 0 unspecified atom stereocenters. The smallest absolute Gasteiger partial charge is 0.252 e. The van der Waals surface area contributed by atoms with E-state index < -0.39 is 0 Å². The van der Waals surface area contributed by atoms with E-state index in [9.17, 15) is 4.79 Å². The topological polar surface area (TPSA) is 29.1 Å². The van der Waals surface area contributed by atoms with Crippen LogP contribution in [0, 0.1) is 9.49 Å². The molecule has 0 aromatic heterocycles. The van der Waals surface area contributed by atoms with E-state index in [1.54, 1.807) is 0 Å². The van der Waals surface area contributed by atoms with Gasteiger partial charge in [-0.1, -0.05) is 12.8 Å². The van der Waals surface area contributed by atoms with Crippen LogP contribution in [0.3, 0.4) is 0 Å². The van der Waals surface area contributed by atoms with Gasteiger partial charge in [0.25, 0.3) is 5.91 Å². The Labute approximate surface area is 124 Å². The van der Waals surface area contributed by atoms with E-state index in [2.05, 4.69) is 43.8 Å². The van der Waals surface area contributed by atoms with Crippen LogP contribution in [0.2, 0.25) is 0 Å². The Kier molecular flexibility index (Phi) is 4.85. The zero-order valence-electron chi connectivity index (χ0n) is 9.51. The maximum Gasteiger partial charge on any atom is 0.252 e. The number of amides is 1. The summed E-state index contributed by atoms with van der Waals surface area (Å²) in [6, 6.07) is 5.80. The molecule has 1 aliphatic carbocycles. The molecule has 0 saturated heterocycles. The fourth-order valence-electron chi connectivity index (χ4n) is 1.77. The average Bonchev–Trinajstić information content (AvgIpc) is 3.11. The van der Waals surface area contributed by atoms with E-state index in [1.165, 1.54) is 19.3 Å². The third kappa shape index (κ3) is 4.25. The Bertz CT molecular complexity index is 418. The van der Waals surface area contributed by atoms with Crippen LogP contribution in [0.15, 0.2) is 22.7 Å². The molecule has 0 heterocycles. The Morgan fingerprint density at radius 2 is 2.24 bits per heavy atom. The van der Waals surface area contributed by atoms with Gasteiger partial charge in [-0.2, -0.15) is 0 Å². The molecule has 2 nitrogen and oxygen atoms in total. The predicted molar refractivity (Wildman–Crippen MR) is 81.2 cm³/mol. The van der Waals surface area contributed by atoms with Crippen molar-refractivity contribution in [2.24, 2.45) is 5.92 Å². The van der Waals surface area contributed by atoms with Crippen molar-refractivity contribution in [3.63, 3.8) is 0 Å². The SMILES string of the molecule is O=C(NCCCC1CC1)c1cc(I)ccc1Br. The summed E-state index contributed by atoms with van der Waals surface area (Å²) in [5, 5.41) is 2.98. The van der Waals surface area contributed by atoms with E-state index in [-0.39, 0.29) is 5.91 Å². The molecular weight excluding hydrogens is 393 g/mol. The molecule has 1 saturated carbocycles. The molecule has 1 aliphatic rings. The van der Waals surface area contributed by atoms with Gasteiger partial charge >= 0.3 is 0 Å². The number of hydrogen-bond donors (Lipinski definition) is 1. The standard InChI is InChI=1S/C13H15BrINO/c14-12-6-5-10(15)8-11(12)13(17)16-7-1-2-9-3-4-9/h5-6,8-9H,1-4,7H2,(H,16,17). The second-order valence-electron chi connectivity index (χ2n) is 4.47. The third-order valence-corrected chi connectivity index (χ3v) is 4.31. The van der Waals surface area contributed by atoms with Gasteiger partial charge in [0.15, 0.2) is 0 Å². The van der Waals surface area contributed by atoms with Crippen LogP contribution in [0.25, 0.3) is 0 Å². The molecule has 0 radical (unpaired) electrons. The molecule has 1 fully saturated rings. The van der Waals surface area contributed by atoms with Crippen LogP contribution < -0.4 is 5.32 Å². The van der Waals surface area contributed by atoms with Gasteiger partial charge in [-0.3, -0.25) is 4.79 Å². The molecule has 1 N–H and O–H groups in total. The lowest BCUT2D eigenvalue weighted by molar-refractivity contribution is 0.0952. The van der Waals surface area contributed by atoms with Crippen molar-refractivity contribution >= 4 is 44.4 Å². The lowest BCUT2D eigenvalue weighted by Gasteiger charge is -2.07. The molecule has 0 atom stereocenters. The molecule has 0 spiro atoms. The quantitative estimate of drug-likeness (QED) is 0.580. The van der Waals surface area contributed by atoms with Crippen LogP contribution in [-0.4, -0.2) is 12.5 Å². The molecule has 1 aromatic rings. The summed E-state index contributed by atoms with van der Waals surface area (Å²) in [7, 11) is 0. The lowest BCUT2D eigenvalue weighted by atomic mass is 10.2. The Morgan fingerprint density at radius 1 is 1.47 bits per heavy atom. The van der Waals surface area contributed by atoms with Crippen molar-refractivity contribution in [3.8, 4) is 0 Å². The number of hydrogen-bond acceptors (Lipinski definition) is 1. The maximum atomic E-state index is 11.9. The van der Waals surface area contributed by atoms with E-state index in [0.29, 0.717) is 0 Å². The van der Waals surface area contributed by atoms with Crippen molar-refractivity contribution in [2.75, 3.05) is 6.54 Å². The van der Waals surface area contributed by atoms with Gasteiger partial charge < -0.3 is 5.32 Å².